The lowest BCUT2D eigenvalue weighted by Crippen LogP contribution is -2.02. The minimum atomic E-state index is 0.695. The summed E-state index contributed by atoms with van der Waals surface area (Å²) in [5.74, 6) is 1.54. The van der Waals surface area contributed by atoms with E-state index in [1.54, 1.807) is 7.11 Å². The molecule has 0 unspecified atom stereocenters. The zero-order chi connectivity index (χ0) is 16.5. The van der Waals surface area contributed by atoms with E-state index < -0.39 is 0 Å². The van der Waals surface area contributed by atoms with Gasteiger partial charge < -0.3 is 4.74 Å². The van der Waals surface area contributed by atoms with Crippen molar-refractivity contribution in [2.75, 3.05) is 7.11 Å². The Bertz CT molecular complexity index is 905. The van der Waals surface area contributed by atoms with E-state index in [0.29, 0.717) is 5.82 Å². The first-order chi connectivity index (χ1) is 11.8. The van der Waals surface area contributed by atoms with Gasteiger partial charge in [-0.3, -0.25) is 0 Å². The number of nitrogens with zero attached hydrogens (tertiary/aromatic N) is 3. The number of rotatable bonds is 3. The third-order valence-corrected chi connectivity index (χ3v) is 4.41. The molecule has 0 bridgehead atoms. The highest BCUT2D eigenvalue weighted by atomic mass is 16.5. The van der Waals surface area contributed by atoms with Crippen molar-refractivity contribution in [1.82, 2.24) is 15.0 Å². The van der Waals surface area contributed by atoms with E-state index in [9.17, 15) is 0 Å². The first-order valence-corrected chi connectivity index (χ1v) is 8.23. The van der Waals surface area contributed by atoms with Crippen LogP contribution < -0.4 is 4.74 Å². The zero-order valence-corrected chi connectivity index (χ0v) is 13.9. The Balaban J connectivity index is 1.94. The molecule has 0 amide bonds. The van der Waals surface area contributed by atoms with Gasteiger partial charge in [0.05, 0.1) is 12.8 Å². The Morgan fingerprint density at radius 1 is 0.917 bits per heavy atom. The predicted molar refractivity (Wildman–Crippen MR) is 94.0 cm³/mol. The van der Waals surface area contributed by atoms with E-state index in [1.807, 2.05) is 43.3 Å². The van der Waals surface area contributed by atoms with E-state index in [1.165, 1.54) is 5.56 Å². The smallest absolute Gasteiger partial charge is 0.178 e. The molecular formula is C20H19N3O. The lowest BCUT2D eigenvalue weighted by molar-refractivity contribution is 0.416. The molecule has 0 fully saturated rings. The van der Waals surface area contributed by atoms with Crippen LogP contribution in [0.1, 0.15) is 23.4 Å². The van der Waals surface area contributed by atoms with E-state index in [0.717, 1.165) is 53.4 Å². The number of para-hydroxylation sites is 1. The molecule has 0 radical (unpaired) electrons. The second-order valence-electron chi connectivity index (χ2n) is 6.04. The maximum absolute atomic E-state index is 5.55. The quantitative estimate of drug-likeness (QED) is 0.732. The molecule has 4 rings (SSSR count). The number of hydrogen-bond donors (Lipinski definition) is 0. The number of fused-ring (bicyclic) bond motifs is 1. The lowest BCUT2D eigenvalue weighted by atomic mass is 10.0. The molecular weight excluding hydrogens is 298 g/mol. The van der Waals surface area contributed by atoms with Crippen molar-refractivity contribution in [2.24, 2.45) is 0 Å². The van der Waals surface area contributed by atoms with Crippen molar-refractivity contribution in [1.29, 1.82) is 0 Å². The second-order valence-corrected chi connectivity index (χ2v) is 6.04. The molecule has 120 valence electrons. The molecule has 0 aliphatic heterocycles. The number of aromatic nitrogens is 3. The van der Waals surface area contributed by atoms with Gasteiger partial charge in [-0.1, -0.05) is 18.2 Å². The van der Waals surface area contributed by atoms with Crippen LogP contribution in [0.25, 0.3) is 22.8 Å². The Labute approximate surface area is 141 Å². The molecule has 0 saturated carbocycles. The topological polar surface area (TPSA) is 47.9 Å². The van der Waals surface area contributed by atoms with Crippen molar-refractivity contribution in [3.63, 3.8) is 0 Å². The third kappa shape index (κ3) is 2.54. The van der Waals surface area contributed by atoms with Crippen LogP contribution in [0, 0.1) is 6.92 Å². The largest absolute Gasteiger partial charge is 0.496 e. The van der Waals surface area contributed by atoms with Gasteiger partial charge in [0.2, 0.25) is 0 Å². The molecule has 2 heterocycles. The van der Waals surface area contributed by atoms with Crippen LogP contribution in [0.3, 0.4) is 0 Å². The molecule has 3 aromatic rings. The van der Waals surface area contributed by atoms with Crippen LogP contribution in [-0.2, 0) is 12.8 Å². The van der Waals surface area contributed by atoms with Crippen molar-refractivity contribution in [3.05, 3.63) is 59.4 Å². The van der Waals surface area contributed by atoms with E-state index >= 15 is 0 Å². The van der Waals surface area contributed by atoms with Gasteiger partial charge in [-0.25, -0.2) is 15.0 Å². The monoisotopic (exact) mass is 317 g/mol. The normalized spacial score (nSPS) is 12.9. The number of methoxy groups -OCH3 is 1. The highest BCUT2D eigenvalue weighted by Crippen LogP contribution is 2.36. The molecule has 1 aliphatic rings. The van der Waals surface area contributed by atoms with Crippen LogP contribution >= 0.6 is 0 Å². The molecule has 0 saturated heterocycles. The first-order valence-electron chi connectivity index (χ1n) is 8.23. The fraction of sp³-hybridized carbons (Fsp3) is 0.250. The maximum atomic E-state index is 5.55. The highest BCUT2D eigenvalue weighted by molar-refractivity contribution is 5.73. The van der Waals surface area contributed by atoms with Gasteiger partial charge >= 0.3 is 0 Å². The fourth-order valence-corrected chi connectivity index (χ4v) is 3.28. The van der Waals surface area contributed by atoms with Gasteiger partial charge in [0.1, 0.15) is 11.4 Å². The predicted octanol–water partition coefficient (Wildman–Crippen LogP) is 4.01. The molecule has 0 atom stereocenters. The third-order valence-electron chi connectivity index (χ3n) is 4.41. The number of hydrogen-bond acceptors (Lipinski definition) is 4. The van der Waals surface area contributed by atoms with E-state index in [4.69, 9.17) is 14.7 Å². The van der Waals surface area contributed by atoms with Crippen LogP contribution in [0.5, 0.6) is 5.75 Å². The molecule has 1 aromatic carbocycles. The van der Waals surface area contributed by atoms with Gasteiger partial charge in [-0.05, 0) is 50.5 Å². The van der Waals surface area contributed by atoms with Crippen molar-refractivity contribution >= 4 is 0 Å². The molecule has 0 spiro atoms. The first kappa shape index (κ1) is 14.8. The second kappa shape index (κ2) is 6.04. The van der Waals surface area contributed by atoms with Crippen molar-refractivity contribution in [3.8, 4) is 28.5 Å². The molecule has 1 aliphatic carbocycles. The van der Waals surface area contributed by atoms with Crippen LogP contribution in [0.4, 0.5) is 0 Å². The average molecular weight is 317 g/mol. The van der Waals surface area contributed by atoms with Gasteiger partial charge in [0, 0.05) is 22.5 Å². The Morgan fingerprint density at radius 2 is 1.79 bits per heavy atom. The van der Waals surface area contributed by atoms with Crippen LogP contribution in [0.2, 0.25) is 0 Å². The summed E-state index contributed by atoms with van der Waals surface area (Å²) < 4.78 is 5.55. The standard InChI is InChI=1S/C20H19N3O/c1-13-7-5-11-17(21-13)20-22-16-10-6-9-14(16)19(23-20)15-8-3-4-12-18(15)24-2/h3-5,7-8,11-12H,6,9-10H2,1-2H3. The van der Waals surface area contributed by atoms with Crippen molar-refractivity contribution < 1.29 is 4.74 Å². The van der Waals surface area contributed by atoms with Gasteiger partial charge in [-0.2, -0.15) is 0 Å². The Morgan fingerprint density at radius 3 is 2.62 bits per heavy atom. The molecule has 2 aromatic heterocycles. The number of pyridine rings is 1. The summed E-state index contributed by atoms with van der Waals surface area (Å²) in [4.78, 5) is 14.3. The minimum Gasteiger partial charge on any atom is -0.496 e. The Hall–Kier alpha value is -2.75. The van der Waals surface area contributed by atoms with Crippen LogP contribution in [-0.4, -0.2) is 22.1 Å². The van der Waals surface area contributed by atoms with Gasteiger partial charge in [0.25, 0.3) is 0 Å². The Kier molecular flexibility index (Phi) is 3.73. The van der Waals surface area contributed by atoms with E-state index in [-0.39, 0.29) is 0 Å². The summed E-state index contributed by atoms with van der Waals surface area (Å²) in [5, 5.41) is 0. The summed E-state index contributed by atoms with van der Waals surface area (Å²) in [6, 6.07) is 14.0. The maximum Gasteiger partial charge on any atom is 0.178 e. The average Bonchev–Trinajstić information content (AvgIpc) is 3.09. The SMILES string of the molecule is COc1ccccc1-c1nc(-c2cccc(C)n2)nc2c1CCC2. The lowest BCUT2D eigenvalue weighted by Gasteiger charge is -2.13. The molecule has 24 heavy (non-hydrogen) atoms. The number of aryl methyl sites for hydroxylation is 2. The number of ether oxygens (including phenoxy) is 1. The highest BCUT2D eigenvalue weighted by Gasteiger charge is 2.22. The van der Waals surface area contributed by atoms with Crippen LogP contribution in [0.15, 0.2) is 42.5 Å². The van der Waals surface area contributed by atoms with Gasteiger partial charge in [0.15, 0.2) is 5.82 Å². The van der Waals surface area contributed by atoms with Gasteiger partial charge in [-0.15, -0.1) is 0 Å². The molecule has 4 nitrogen and oxygen atoms in total. The summed E-state index contributed by atoms with van der Waals surface area (Å²) in [7, 11) is 1.70. The molecule has 0 N–H and O–H groups in total. The number of benzene rings is 1. The van der Waals surface area contributed by atoms with E-state index in [2.05, 4.69) is 11.1 Å². The summed E-state index contributed by atoms with van der Waals surface area (Å²) >= 11 is 0. The fourth-order valence-electron chi connectivity index (χ4n) is 3.28. The summed E-state index contributed by atoms with van der Waals surface area (Å²) in [6.07, 6.45) is 3.14. The minimum absolute atomic E-state index is 0.695. The zero-order valence-electron chi connectivity index (χ0n) is 13.9. The molecule has 4 heteroatoms. The van der Waals surface area contributed by atoms with Crippen molar-refractivity contribution in [2.45, 2.75) is 26.2 Å². The summed E-state index contributed by atoms with van der Waals surface area (Å²) in [6.45, 7) is 1.98. The summed E-state index contributed by atoms with van der Waals surface area (Å²) in [5.41, 5.74) is 6.18.